The molecule has 0 spiro atoms. The van der Waals surface area contributed by atoms with E-state index in [0.717, 1.165) is 24.6 Å². The van der Waals surface area contributed by atoms with Crippen LogP contribution in [0.1, 0.15) is 31.1 Å². The molecule has 6 heteroatoms. The van der Waals surface area contributed by atoms with Gasteiger partial charge in [-0.2, -0.15) is 0 Å². The van der Waals surface area contributed by atoms with E-state index in [1.807, 2.05) is 17.8 Å². The molecule has 6 nitrogen and oxygen atoms in total. The lowest BCUT2D eigenvalue weighted by Gasteiger charge is -2.35. The summed E-state index contributed by atoms with van der Waals surface area (Å²) in [6.07, 6.45) is 10.5. The summed E-state index contributed by atoms with van der Waals surface area (Å²) in [5.41, 5.74) is 0. The van der Waals surface area contributed by atoms with E-state index >= 15 is 0 Å². The van der Waals surface area contributed by atoms with Crippen LogP contribution in [0.5, 0.6) is 0 Å². The highest BCUT2D eigenvalue weighted by Gasteiger charge is 2.28. The maximum absolute atomic E-state index is 4.40. The van der Waals surface area contributed by atoms with Crippen molar-refractivity contribution in [3.8, 4) is 0 Å². The predicted octanol–water partition coefficient (Wildman–Crippen LogP) is 1.34. The third kappa shape index (κ3) is 1.94. The molecule has 0 saturated carbocycles. The Morgan fingerprint density at radius 3 is 2.94 bits per heavy atom. The first kappa shape index (κ1) is 11.1. The Morgan fingerprint density at radius 1 is 1.28 bits per heavy atom. The maximum atomic E-state index is 4.40. The first-order valence-corrected chi connectivity index (χ1v) is 6.23. The van der Waals surface area contributed by atoms with E-state index < -0.39 is 0 Å². The van der Waals surface area contributed by atoms with Crippen LogP contribution in [-0.4, -0.2) is 31.3 Å². The molecule has 0 N–H and O–H groups in total. The number of hydrogen-bond acceptors (Lipinski definition) is 5. The lowest BCUT2D eigenvalue weighted by atomic mass is 10.0. The van der Waals surface area contributed by atoms with Gasteiger partial charge >= 0.3 is 0 Å². The van der Waals surface area contributed by atoms with Crippen molar-refractivity contribution in [2.75, 3.05) is 11.4 Å². The second-order valence-electron chi connectivity index (χ2n) is 4.57. The molecule has 3 heterocycles. The normalized spacial score (nSPS) is 20.1. The second-order valence-corrected chi connectivity index (χ2v) is 4.57. The first-order valence-electron chi connectivity index (χ1n) is 6.23. The largest absolute Gasteiger partial charge is 0.345 e. The molecular formula is C12H16N6. The van der Waals surface area contributed by atoms with E-state index in [4.69, 9.17) is 0 Å². The SMILES string of the molecule is Cn1cnnc1C1CCCCN1c1cnccn1. The third-order valence-corrected chi connectivity index (χ3v) is 3.39. The van der Waals surface area contributed by atoms with Gasteiger partial charge in [0.25, 0.3) is 0 Å². The van der Waals surface area contributed by atoms with Gasteiger partial charge in [0.15, 0.2) is 5.82 Å². The molecule has 1 unspecified atom stereocenters. The molecule has 2 aromatic heterocycles. The van der Waals surface area contributed by atoms with Gasteiger partial charge in [0, 0.05) is 26.0 Å². The number of aromatic nitrogens is 5. The lowest BCUT2D eigenvalue weighted by molar-refractivity contribution is 0.443. The Kier molecular flexibility index (Phi) is 2.92. The fourth-order valence-electron chi connectivity index (χ4n) is 2.51. The fraction of sp³-hybridized carbons (Fsp3) is 0.500. The van der Waals surface area contributed by atoms with Gasteiger partial charge in [-0.05, 0) is 19.3 Å². The van der Waals surface area contributed by atoms with Crippen LogP contribution in [0.2, 0.25) is 0 Å². The van der Waals surface area contributed by atoms with Crippen molar-refractivity contribution < 1.29 is 0 Å². The van der Waals surface area contributed by atoms with Crippen molar-refractivity contribution in [3.63, 3.8) is 0 Å². The summed E-state index contributed by atoms with van der Waals surface area (Å²) >= 11 is 0. The van der Waals surface area contributed by atoms with Gasteiger partial charge in [-0.3, -0.25) is 4.98 Å². The Balaban J connectivity index is 1.94. The molecule has 1 fully saturated rings. The molecule has 1 aliphatic rings. The van der Waals surface area contributed by atoms with E-state index in [-0.39, 0.29) is 6.04 Å². The average Bonchev–Trinajstić information content (AvgIpc) is 2.86. The smallest absolute Gasteiger partial charge is 0.155 e. The summed E-state index contributed by atoms with van der Waals surface area (Å²) in [4.78, 5) is 10.8. The molecule has 3 rings (SSSR count). The molecule has 94 valence electrons. The average molecular weight is 244 g/mol. The molecule has 18 heavy (non-hydrogen) atoms. The highest BCUT2D eigenvalue weighted by Crippen LogP contribution is 2.32. The van der Waals surface area contributed by atoms with Crippen LogP contribution in [0.25, 0.3) is 0 Å². The Hall–Kier alpha value is -1.98. The van der Waals surface area contributed by atoms with Crippen LogP contribution >= 0.6 is 0 Å². The number of anilines is 1. The van der Waals surface area contributed by atoms with Gasteiger partial charge in [0.1, 0.15) is 12.1 Å². The van der Waals surface area contributed by atoms with Gasteiger partial charge in [-0.1, -0.05) is 0 Å². The van der Waals surface area contributed by atoms with Crippen LogP contribution < -0.4 is 4.90 Å². The van der Waals surface area contributed by atoms with E-state index in [1.54, 1.807) is 18.7 Å². The molecule has 2 aromatic rings. The molecule has 0 aliphatic carbocycles. The summed E-state index contributed by atoms with van der Waals surface area (Å²) in [5.74, 6) is 1.92. The monoisotopic (exact) mass is 244 g/mol. The summed E-state index contributed by atoms with van der Waals surface area (Å²) in [7, 11) is 1.98. The summed E-state index contributed by atoms with van der Waals surface area (Å²) in [6, 6.07) is 0.253. The molecular weight excluding hydrogens is 228 g/mol. The summed E-state index contributed by atoms with van der Waals surface area (Å²) in [5, 5.41) is 8.21. The van der Waals surface area contributed by atoms with Gasteiger partial charge in [-0.25, -0.2) is 4.98 Å². The molecule has 0 bridgehead atoms. The number of piperidine rings is 1. The van der Waals surface area contributed by atoms with Crippen LogP contribution in [0.3, 0.4) is 0 Å². The Morgan fingerprint density at radius 2 is 2.22 bits per heavy atom. The Bertz CT molecular complexity index is 508. The molecule has 0 aromatic carbocycles. The van der Waals surface area contributed by atoms with E-state index in [9.17, 15) is 0 Å². The van der Waals surface area contributed by atoms with Crippen LogP contribution in [0.15, 0.2) is 24.9 Å². The van der Waals surface area contributed by atoms with Gasteiger partial charge in [0.2, 0.25) is 0 Å². The topological polar surface area (TPSA) is 59.7 Å². The van der Waals surface area contributed by atoms with Crippen LogP contribution in [0, 0.1) is 0 Å². The molecule has 1 atom stereocenters. The fourth-order valence-corrected chi connectivity index (χ4v) is 2.51. The van der Waals surface area contributed by atoms with E-state index in [1.165, 1.54) is 12.8 Å². The highest BCUT2D eigenvalue weighted by atomic mass is 15.3. The maximum Gasteiger partial charge on any atom is 0.155 e. The zero-order valence-corrected chi connectivity index (χ0v) is 10.4. The number of aryl methyl sites for hydroxylation is 1. The predicted molar refractivity (Wildman–Crippen MR) is 67.0 cm³/mol. The van der Waals surface area contributed by atoms with Crippen LogP contribution in [0.4, 0.5) is 5.82 Å². The van der Waals surface area contributed by atoms with E-state index in [2.05, 4.69) is 25.1 Å². The minimum atomic E-state index is 0.253. The summed E-state index contributed by atoms with van der Waals surface area (Å²) in [6.45, 7) is 0.996. The number of hydrogen-bond donors (Lipinski definition) is 0. The first-order chi connectivity index (χ1) is 8.86. The minimum absolute atomic E-state index is 0.253. The van der Waals surface area contributed by atoms with Crippen molar-refractivity contribution >= 4 is 5.82 Å². The molecule has 1 saturated heterocycles. The zero-order chi connectivity index (χ0) is 12.4. The van der Waals surface area contributed by atoms with Crippen molar-refractivity contribution in [3.05, 3.63) is 30.7 Å². The van der Waals surface area contributed by atoms with Gasteiger partial charge in [0.05, 0.1) is 12.2 Å². The minimum Gasteiger partial charge on any atom is -0.345 e. The highest BCUT2D eigenvalue weighted by molar-refractivity contribution is 5.38. The van der Waals surface area contributed by atoms with Crippen molar-refractivity contribution in [1.82, 2.24) is 24.7 Å². The summed E-state index contributed by atoms with van der Waals surface area (Å²) < 4.78 is 1.99. The zero-order valence-electron chi connectivity index (χ0n) is 10.4. The third-order valence-electron chi connectivity index (χ3n) is 3.39. The Labute approximate surface area is 106 Å². The molecule has 0 amide bonds. The second kappa shape index (κ2) is 4.72. The van der Waals surface area contributed by atoms with Crippen molar-refractivity contribution in [2.24, 2.45) is 7.05 Å². The van der Waals surface area contributed by atoms with Gasteiger partial charge < -0.3 is 9.47 Å². The van der Waals surface area contributed by atoms with Crippen LogP contribution in [-0.2, 0) is 7.05 Å². The van der Waals surface area contributed by atoms with Gasteiger partial charge in [-0.15, -0.1) is 10.2 Å². The number of nitrogens with zero attached hydrogens (tertiary/aromatic N) is 6. The lowest BCUT2D eigenvalue weighted by Crippen LogP contribution is -2.35. The molecule has 1 aliphatic heterocycles. The number of rotatable bonds is 2. The van der Waals surface area contributed by atoms with Crippen molar-refractivity contribution in [1.29, 1.82) is 0 Å². The molecule has 0 radical (unpaired) electrons. The standard InChI is InChI=1S/C12H16N6/c1-17-9-15-16-12(17)10-4-2-3-7-18(10)11-8-13-5-6-14-11/h5-6,8-10H,2-4,7H2,1H3. The quantitative estimate of drug-likeness (QED) is 0.797. The van der Waals surface area contributed by atoms with Crippen molar-refractivity contribution in [2.45, 2.75) is 25.3 Å². The van der Waals surface area contributed by atoms with E-state index in [0.29, 0.717) is 0 Å².